The van der Waals surface area contributed by atoms with E-state index in [2.05, 4.69) is 17.2 Å². The summed E-state index contributed by atoms with van der Waals surface area (Å²) in [7, 11) is 0. The van der Waals surface area contributed by atoms with Gasteiger partial charge in [-0.15, -0.1) is 0 Å². The third kappa shape index (κ3) is 7.19. The molecule has 21 heavy (non-hydrogen) atoms. The molecule has 2 unspecified atom stereocenters. The molecule has 0 bridgehead atoms. The zero-order valence-electron chi connectivity index (χ0n) is 12.3. The first-order valence-corrected chi connectivity index (χ1v) is 8.10. The number of aliphatic hydroxyl groups is 1. The van der Waals surface area contributed by atoms with E-state index in [1.54, 1.807) is 18.7 Å². The van der Waals surface area contributed by atoms with Crippen LogP contribution in [-0.4, -0.2) is 46.4 Å². The second-order valence-electron chi connectivity index (χ2n) is 4.94. The van der Waals surface area contributed by atoms with Gasteiger partial charge in [-0.05, 0) is 37.5 Å². The van der Waals surface area contributed by atoms with Crippen LogP contribution >= 0.6 is 11.8 Å². The minimum Gasteiger partial charge on any atom is -0.480 e. The Kier molecular flexibility index (Phi) is 7.30. The number of nitrogens with one attached hydrogen (secondary N) is 1. The van der Waals surface area contributed by atoms with Gasteiger partial charge < -0.3 is 15.5 Å². The quantitative estimate of drug-likeness (QED) is 0.667. The van der Waals surface area contributed by atoms with Crippen molar-refractivity contribution in [1.82, 2.24) is 5.32 Å². The number of carboxylic acid groups (broad SMARTS) is 1. The van der Waals surface area contributed by atoms with E-state index in [4.69, 9.17) is 5.11 Å². The van der Waals surface area contributed by atoms with Gasteiger partial charge in [0.2, 0.25) is 0 Å². The Balaban J connectivity index is 2.59. The maximum Gasteiger partial charge on any atom is 0.320 e. The molecule has 1 aromatic carbocycles. The molecular weight excluding hydrogens is 286 g/mol. The fourth-order valence-corrected chi connectivity index (χ4v) is 2.11. The summed E-state index contributed by atoms with van der Waals surface area (Å²) in [5.74, 6) is 5.51. The molecule has 3 N–H and O–H groups in total. The minimum atomic E-state index is -1.27. The summed E-state index contributed by atoms with van der Waals surface area (Å²) in [5.41, 5.74) is -0.460. The average molecular weight is 307 g/mol. The van der Waals surface area contributed by atoms with E-state index in [1.807, 2.05) is 36.6 Å². The fraction of sp³-hybridized carbons (Fsp3) is 0.438. The van der Waals surface area contributed by atoms with Crippen LogP contribution in [0.4, 0.5) is 0 Å². The second-order valence-corrected chi connectivity index (χ2v) is 5.93. The molecule has 0 heterocycles. The highest BCUT2D eigenvalue weighted by Gasteiger charge is 2.22. The molecule has 0 amide bonds. The highest BCUT2D eigenvalue weighted by molar-refractivity contribution is 7.98. The van der Waals surface area contributed by atoms with Gasteiger partial charge in [-0.25, -0.2) is 0 Å². The number of benzene rings is 1. The molecule has 0 saturated heterocycles. The minimum absolute atomic E-state index is 0.109. The summed E-state index contributed by atoms with van der Waals surface area (Å²) in [4.78, 5) is 11.1. The Morgan fingerprint density at radius 3 is 2.67 bits per heavy atom. The standard InChI is InChI=1S/C16H21NO3S/c1-16(20,10-8-13-6-4-3-5-7-13)12-17-14(15(18)19)9-11-21-2/h3-7,14,17,20H,9,11-12H2,1-2H3,(H,18,19). The number of thioether (sulfide) groups is 1. The van der Waals surface area contributed by atoms with Crippen molar-refractivity contribution in [2.45, 2.75) is 25.0 Å². The first-order valence-electron chi connectivity index (χ1n) is 6.70. The van der Waals surface area contributed by atoms with Crippen LogP contribution < -0.4 is 5.32 Å². The predicted molar refractivity (Wildman–Crippen MR) is 86.4 cm³/mol. The summed E-state index contributed by atoms with van der Waals surface area (Å²) in [6.07, 6.45) is 2.44. The van der Waals surface area contributed by atoms with Crippen LogP contribution in [0.2, 0.25) is 0 Å². The Morgan fingerprint density at radius 2 is 2.10 bits per heavy atom. The second kappa shape index (κ2) is 8.73. The van der Waals surface area contributed by atoms with Gasteiger partial charge in [-0.3, -0.25) is 4.79 Å². The molecule has 5 heteroatoms. The van der Waals surface area contributed by atoms with E-state index in [0.29, 0.717) is 6.42 Å². The fourth-order valence-electron chi connectivity index (χ4n) is 1.64. The summed E-state index contributed by atoms with van der Waals surface area (Å²) in [6.45, 7) is 1.68. The van der Waals surface area contributed by atoms with Gasteiger partial charge >= 0.3 is 5.97 Å². The van der Waals surface area contributed by atoms with E-state index >= 15 is 0 Å². The molecular formula is C16H21NO3S. The summed E-state index contributed by atoms with van der Waals surface area (Å²) in [5, 5.41) is 22.2. The zero-order valence-corrected chi connectivity index (χ0v) is 13.1. The van der Waals surface area contributed by atoms with Crippen molar-refractivity contribution in [3.05, 3.63) is 35.9 Å². The van der Waals surface area contributed by atoms with E-state index in [1.165, 1.54) is 0 Å². The maximum absolute atomic E-state index is 11.1. The van der Waals surface area contributed by atoms with E-state index in [-0.39, 0.29) is 6.54 Å². The molecule has 0 aromatic heterocycles. The van der Waals surface area contributed by atoms with Crippen LogP contribution in [0.25, 0.3) is 0 Å². The molecule has 0 saturated carbocycles. The summed E-state index contributed by atoms with van der Waals surface area (Å²) < 4.78 is 0. The monoisotopic (exact) mass is 307 g/mol. The third-order valence-electron chi connectivity index (χ3n) is 2.85. The molecule has 0 radical (unpaired) electrons. The molecule has 0 aliphatic heterocycles. The average Bonchev–Trinajstić information content (AvgIpc) is 2.46. The Morgan fingerprint density at radius 1 is 1.43 bits per heavy atom. The van der Waals surface area contributed by atoms with Crippen molar-refractivity contribution in [3.63, 3.8) is 0 Å². The smallest absolute Gasteiger partial charge is 0.320 e. The van der Waals surface area contributed by atoms with Gasteiger partial charge in [0.05, 0.1) is 0 Å². The molecule has 2 atom stereocenters. The Hall–Kier alpha value is -1.48. The molecule has 1 aromatic rings. The summed E-state index contributed by atoms with van der Waals surface area (Å²) >= 11 is 1.59. The van der Waals surface area contributed by atoms with Gasteiger partial charge in [0.1, 0.15) is 11.6 Å². The van der Waals surface area contributed by atoms with Gasteiger partial charge in [0, 0.05) is 12.1 Å². The van der Waals surface area contributed by atoms with Crippen LogP contribution in [0.3, 0.4) is 0 Å². The van der Waals surface area contributed by atoms with E-state index in [9.17, 15) is 9.90 Å². The molecule has 0 spiro atoms. The number of rotatable bonds is 7. The molecule has 0 aliphatic carbocycles. The van der Waals surface area contributed by atoms with E-state index in [0.717, 1.165) is 11.3 Å². The van der Waals surface area contributed by atoms with Crippen molar-refractivity contribution in [3.8, 4) is 11.8 Å². The van der Waals surface area contributed by atoms with Crippen molar-refractivity contribution in [2.75, 3.05) is 18.6 Å². The lowest BCUT2D eigenvalue weighted by molar-refractivity contribution is -0.139. The zero-order chi connectivity index (χ0) is 15.7. The van der Waals surface area contributed by atoms with Crippen molar-refractivity contribution in [1.29, 1.82) is 0 Å². The molecule has 114 valence electrons. The van der Waals surface area contributed by atoms with Crippen LogP contribution in [0, 0.1) is 11.8 Å². The number of carbonyl (C=O) groups is 1. The highest BCUT2D eigenvalue weighted by atomic mass is 32.2. The van der Waals surface area contributed by atoms with Crippen LogP contribution in [0.1, 0.15) is 18.9 Å². The van der Waals surface area contributed by atoms with Gasteiger partial charge in [-0.2, -0.15) is 11.8 Å². The normalized spacial score (nSPS) is 14.6. The van der Waals surface area contributed by atoms with Gasteiger partial charge in [-0.1, -0.05) is 30.0 Å². The first-order chi connectivity index (χ1) is 9.94. The van der Waals surface area contributed by atoms with Gasteiger partial charge in [0.15, 0.2) is 0 Å². The van der Waals surface area contributed by atoms with Crippen LogP contribution in [0.5, 0.6) is 0 Å². The van der Waals surface area contributed by atoms with E-state index < -0.39 is 17.6 Å². The Labute approximate surface area is 130 Å². The topological polar surface area (TPSA) is 69.6 Å². The summed E-state index contributed by atoms with van der Waals surface area (Å²) in [6, 6.07) is 8.69. The van der Waals surface area contributed by atoms with Crippen molar-refractivity contribution < 1.29 is 15.0 Å². The lowest BCUT2D eigenvalue weighted by Crippen LogP contribution is -2.45. The first kappa shape index (κ1) is 17.6. The number of aliphatic carboxylic acids is 1. The molecule has 0 aliphatic rings. The van der Waals surface area contributed by atoms with Crippen molar-refractivity contribution in [2.24, 2.45) is 0 Å². The number of carboxylic acids is 1. The number of hydrogen-bond donors (Lipinski definition) is 3. The Bertz CT molecular complexity index is 505. The third-order valence-corrected chi connectivity index (χ3v) is 3.50. The number of hydrogen-bond acceptors (Lipinski definition) is 4. The van der Waals surface area contributed by atoms with Crippen LogP contribution in [-0.2, 0) is 4.79 Å². The molecule has 4 nitrogen and oxygen atoms in total. The lowest BCUT2D eigenvalue weighted by Gasteiger charge is -2.21. The lowest BCUT2D eigenvalue weighted by atomic mass is 10.1. The highest BCUT2D eigenvalue weighted by Crippen LogP contribution is 2.05. The molecule has 1 rings (SSSR count). The predicted octanol–water partition coefficient (Wildman–Crippen LogP) is 1.58. The SMILES string of the molecule is CSCCC(NCC(C)(O)C#Cc1ccccc1)C(=O)O. The largest absolute Gasteiger partial charge is 0.480 e. The van der Waals surface area contributed by atoms with Gasteiger partial charge in [0.25, 0.3) is 0 Å². The van der Waals surface area contributed by atoms with Crippen LogP contribution in [0.15, 0.2) is 30.3 Å². The van der Waals surface area contributed by atoms with Crippen molar-refractivity contribution >= 4 is 17.7 Å². The maximum atomic E-state index is 11.1. The molecule has 0 fully saturated rings.